The Kier molecular flexibility index (Phi) is 4.19. The summed E-state index contributed by atoms with van der Waals surface area (Å²) < 4.78 is 0. The number of aromatic nitrogens is 1. The van der Waals surface area contributed by atoms with Crippen molar-refractivity contribution in [1.82, 2.24) is 10.3 Å². The molecule has 0 aliphatic rings. The monoisotopic (exact) mass is 196 g/mol. The SMILES string of the molecule is CC(CCCO)NC(=O)c1ccc[nH]1. The molecule has 0 aliphatic heterocycles. The normalized spacial score (nSPS) is 12.4. The average Bonchev–Trinajstić information content (AvgIpc) is 2.67. The second kappa shape index (κ2) is 5.44. The maximum atomic E-state index is 11.5. The molecule has 1 aromatic heterocycles. The number of H-pyrrole nitrogens is 1. The van der Waals surface area contributed by atoms with E-state index in [2.05, 4.69) is 10.3 Å². The molecular weight excluding hydrogens is 180 g/mol. The van der Waals surface area contributed by atoms with Crippen LogP contribution in [-0.4, -0.2) is 28.6 Å². The van der Waals surface area contributed by atoms with Crippen LogP contribution in [0.15, 0.2) is 18.3 Å². The van der Waals surface area contributed by atoms with Gasteiger partial charge in [-0.3, -0.25) is 4.79 Å². The summed E-state index contributed by atoms with van der Waals surface area (Å²) in [6.45, 7) is 2.10. The second-order valence-electron chi connectivity index (χ2n) is 3.32. The number of hydrogen-bond donors (Lipinski definition) is 3. The summed E-state index contributed by atoms with van der Waals surface area (Å²) in [5.74, 6) is -0.0968. The van der Waals surface area contributed by atoms with Gasteiger partial charge in [-0.2, -0.15) is 0 Å². The molecule has 1 aromatic rings. The van der Waals surface area contributed by atoms with Crippen LogP contribution < -0.4 is 5.32 Å². The van der Waals surface area contributed by atoms with Gasteiger partial charge in [-0.25, -0.2) is 0 Å². The van der Waals surface area contributed by atoms with Gasteiger partial charge in [0.1, 0.15) is 5.69 Å². The van der Waals surface area contributed by atoms with Crippen LogP contribution in [0.5, 0.6) is 0 Å². The smallest absolute Gasteiger partial charge is 0.267 e. The van der Waals surface area contributed by atoms with Gasteiger partial charge in [-0.1, -0.05) is 0 Å². The zero-order valence-electron chi connectivity index (χ0n) is 8.29. The van der Waals surface area contributed by atoms with E-state index < -0.39 is 0 Å². The maximum Gasteiger partial charge on any atom is 0.267 e. The van der Waals surface area contributed by atoms with Gasteiger partial charge in [-0.15, -0.1) is 0 Å². The predicted octanol–water partition coefficient (Wildman–Crippen LogP) is 0.906. The molecule has 0 spiro atoms. The molecule has 3 N–H and O–H groups in total. The molecule has 0 aliphatic carbocycles. The Bertz CT molecular complexity index is 270. The van der Waals surface area contributed by atoms with E-state index >= 15 is 0 Å². The summed E-state index contributed by atoms with van der Waals surface area (Å²) in [6, 6.07) is 3.61. The van der Waals surface area contributed by atoms with Crippen LogP contribution in [0.2, 0.25) is 0 Å². The molecule has 4 heteroatoms. The molecule has 0 radical (unpaired) electrons. The molecule has 0 aromatic carbocycles. The number of hydrogen-bond acceptors (Lipinski definition) is 2. The predicted molar refractivity (Wildman–Crippen MR) is 54.0 cm³/mol. The van der Waals surface area contributed by atoms with Gasteiger partial charge in [0.05, 0.1) is 0 Å². The lowest BCUT2D eigenvalue weighted by molar-refractivity contribution is 0.0932. The molecule has 4 nitrogen and oxygen atoms in total. The molecule has 1 atom stereocenters. The minimum atomic E-state index is -0.0968. The average molecular weight is 196 g/mol. The lowest BCUT2D eigenvalue weighted by atomic mass is 10.2. The van der Waals surface area contributed by atoms with Crippen molar-refractivity contribution in [2.45, 2.75) is 25.8 Å². The quantitative estimate of drug-likeness (QED) is 0.655. The molecule has 1 amide bonds. The summed E-state index contributed by atoms with van der Waals surface area (Å²) in [7, 11) is 0. The van der Waals surface area contributed by atoms with Crippen molar-refractivity contribution in [2.24, 2.45) is 0 Å². The molecule has 78 valence electrons. The fourth-order valence-electron chi connectivity index (χ4n) is 1.24. The van der Waals surface area contributed by atoms with E-state index in [-0.39, 0.29) is 18.6 Å². The Hall–Kier alpha value is -1.29. The van der Waals surface area contributed by atoms with E-state index in [1.165, 1.54) is 0 Å². The van der Waals surface area contributed by atoms with Crippen molar-refractivity contribution in [3.05, 3.63) is 24.0 Å². The van der Waals surface area contributed by atoms with Gasteiger partial charge in [0.25, 0.3) is 5.91 Å². The Morgan fingerprint density at radius 2 is 2.50 bits per heavy atom. The third kappa shape index (κ3) is 3.22. The summed E-state index contributed by atoms with van der Waals surface area (Å²) >= 11 is 0. The highest BCUT2D eigenvalue weighted by Crippen LogP contribution is 1.99. The van der Waals surface area contributed by atoms with E-state index in [1.54, 1.807) is 18.3 Å². The molecule has 0 saturated heterocycles. The molecule has 1 unspecified atom stereocenters. The van der Waals surface area contributed by atoms with E-state index in [1.807, 2.05) is 6.92 Å². The van der Waals surface area contributed by atoms with Gasteiger partial charge >= 0.3 is 0 Å². The maximum absolute atomic E-state index is 11.5. The van der Waals surface area contributed by atoms with Crippen molar-refractivity contribution in [1.29, 1.82) is 0 Å². The van der Waals surface area contributed by atoms with Crippen molar-refractivity contribution in [3.8, 4) is 0 Å². The van der Waals surface area contributed by atoms with Gasteiger partial charge in [-0.05, 0) is 31.9 Å². The van der Waals surface area contributed by atoms with Crippen LogP contribution in [0, 0.1) is 0 Å². The highest BCUT2D eigenvalue weighted by Gasteiger charge is 2.09. The van der Waals surface area contributed by atoms with Gasteiger partial charge in [0.15, 0.2) is 0 Å². The van der Waals surface area contributed by atoms with Crippen LogP contribution in [-0.2, 0) is 0 Å². The van der Waals surface area contributed by atoms with E-state index in [0.717, 1.165) is 6.42 Å². The minimum Gasteiger partial charge on any atom is -0.396 e. The number of carbonyl (C=O) groups excluding carboxylic acids is 1. The topological polar surface area (TPSA) is 65.1 Å². The first-order valence-corrected chi connectivity index (χ1v) is 4.79. The number of aromatic amines is 1. The second-order valence-corrected chi connectivity index (χ2v) is 3.32. The number of rotatable bonds is 5. The Morgan fingerprint density at radius 3 is 3.07 bits per heavy atom. The zero-order valence-corrected chi connectivity index (χ0v) is 8.29. The molecule has 0 saturated carbocycles. The molecular formula is C10H16N2O2. The first kappa shape index (κ1) is 10.8. The van der Waals surface area contributed by atoms with E-state index in [9.17, 15) is 4.79 Å². The van der Waals surface area contributed by atoms with Gasteiger partial charge < -0.3 is 15.4 Å². The zero-order chi connectivity index (χ0) is 10.4. The number of aliphatic hydroxyl groups excluding tert-OH is 1. The highest BCUT2D eigenvalue weighted by molar-refractivity contribution is 5.92. The molecule has 0 bridgehead atoms. The van der Waals surface area contributed by atoms with Crippen LogP contribution in [0.3, 0.4) is 0 Å². The molecule has 14 heavy (non-hydrogen) atoms. The summed E-state index contributed by atoms with van der Waals surface area (Å²) in [5.41, 5.74) is 0.570. The van der Waals surface area contributed by atoms with E-state index in [0.29, 0.717) is 12.1 Å². The lowest BCUT2D eigenvalue weighted by Gasteiger charge is -2.11. The fraction of sp³-hybridized carbons (Fsp3) is 0.500. The number of carbonyl (C=O) groups is 1. The number of aliphatic hydroxyl groups is 1. The van der Waals surface area contributed by atoms with Crippen molar-refractivity contribution in [3.63, 3.8) is 0 Å². The minimum absolute atomic E-state index is 0.0953. The summed E-state index contributed by atoms with van der Waals surface area (Å²) in [4.78, 5) is 14.3. The van der Waals surface area contributed by atoms with Gasteiger partial charge in [0, 0.05) is 18.8 Å². The Morgan fingerprint density at radius 1 is 1.71 bits per heavy atom. The number of amides is 1. The van der Waals surface area contributed by atoms with Crippen LogP contribution in [0.4, 0.5) is 0 Å². The summed E-state index contributed by atoms with van der Waals surface area (Å²) in [6.07, 6.45) is 3.22. The molecule has 1 heterocycles. The van der Waals surface area contributed by atoms with Crippen molar-refractivity contribution in [2.75, 3.05) is 6.61 Å². The van der Waals surface area contributed by atoms with Crippen LogP contribution in [0.25, 0.3) is 0 Å². The third-order valence-corrected chi connectivity index (χ3v) is 2.02. The van der Waals surface area contributed by atoms with Crippen LogP contribution >= 0.6 is 0 Å². The molecule has 1 rings (SSSR count). The van der Waals surface area contributed by atoms with Gasteiger partial charge in [0.2, 0.25) is 0 Å². The summed E-state index contributed by atoms with van der Waals surface area (Å²) in [5, 5.41) is 11.5. The van der Waals surface area contributed by atoms with Crippen molar-refractivity contribution >= 4 is 5.91 Å². The van der Waals surface area contributed by atoms with E-state index in [4.69, 9.17) is 5.11 Å². The fourth-order valence-corrected chi connectivity index (χ4v) is 1.24. The highest BCUT2D eigenvalue weighted by atomic mass is 16.2. The Balaban J connectivity index is 2.34. The lowest BCUT2D eigenvalue weighted by Crippen LogP contribution is -2.32. The first-order chi connectivity index (χ1) is 6.74. The van der Waals surface area contributed by atoms with Crippen molar-refractivity contribution < 1.29 is 9.90 Å². The Labute approximate surface area is 83.3 Å². The standard InChI is InChI=1S/C10H16N2O2/c1-8(4-3-7-13)12-10(14)9-5-2-6-11-9/h2,5-6,8,11,13H,3-4,7H2,1H3,(H,12,14). The largest absolute Gasteiger partial charge is 0.396 e. The third-order valence-electron chi connectivity index (χ3n) is 2.02. The van der Waals surface area contributed by atoms with Crippen LogP contribution in [0.1, 0.15) is 30.3 Å². The number of nitrogens with one attached hydrogen (secondary N) is 2. The molecule has 0 fully saturated rings. The first-order valence-electron chi connectivity index (χ1n) is 4.79.